The van der Waals surface area contributed by atoms with Crippen LogP contribution in [0.5, 0.6) is 0 Å². The molecule has 2 aromatic rings. The van der Waals surface area contributed by atoms with Crippen LogP contribution in [-0.4, -0.2) is 24.0 Å². The molecule has 0 bridgehead atoms. The van der Waals surface area contributed by atoms with Gasteiger partial charge < -0.3 is 15.8 Å². The van der Waals surface area contributed by atoms with E-state index >= 15 is 0 Å². The molecule has 108 valence electrons. The molecule has 0 radical (unpaired) electrons. The Morgan fingerprint density at radius 3 is 2.48 bits per heavy atom. The summed E-state index contributed by atoms with van der Waals surface area (Å²) < 4.78 is 4.61. The van der Waals surface area contributed by atoms with Gasteiger partial charge in [-0.05, 0) is 29.8 Å². The lowest BCUT2D eigenvalue weighted by Gasteiger charge is -2.06. The van der Waals surface area contributed by atoms with Gasteiger partial charge in [0.15, 0.2) is 0 Å². The van der Waals surface area contributed by atoms with Crippen molar-refractivity contribution in [2.75, 3.05) is 12.8 Å². The molecule has 3 N–H and O–H groups in total. The van der Waals surface area contributed by atoms with Gasteiger partial charge in [-0.2, -0.15) is 0 Å². The number of aromatic nitrogens is 1. The molecule has 1 heterocycles. The van der Waals surface area contributed by atoms with E-state index in [1.165, 1.54) is 13.3 Å². The molecular formula is C15H15N3O3. The Bertz CT molecular complexity index is 636. The Balaban J connectivity index is 1.95. The summed E-state index contributed by atoms with van der Waals surface area (Å²) in [5.41, 5.74) is 7.65. The number of nitrogens with zero attached hydrogens (tertiary/aromatic N) is 1. The molecule has 1 amide bonds. The molecule has 21 heavy (non-hydrogen) atoms. The highest BCUT2D eigenvalue weighted by atomic mass is 16.5. The Morgan fingerprint density at radius 2 is 1.90 bits per heavy atom. The van der Waals surface area contributed by atoms with Crippen molar-refractivity contribution in [3.63, 3.8) is 0 Å². The second kappa shape index (κ2) is 6.51. The molecule has 0 unspecified atom stereocenters. The highest BCUT2D eigenvalue weighted by molar-refractivity contribution is 5.92. The fourth-order valence-electron chi connectivity index (χ4n) is 1.69. The maximum atomic E-state index is 11.9. The smallest absolute Gasteiger partial charge is 0.337 e. The third kappa shape index (κ3) is 3.79. The molecule has 1 aromatic carbocycles. The van der Waals surface area contributed by atoms with Gasteiger partial charge in [0.1, 0.15) is 5.69 Å². The van der Waals surface area contributed by atoms with E-state index in [4.69, 9.17) is 5.73 Å². The molecule has 0 saturated heterocycles. The number of pyridine rings is 1. The van der Waals surface area contributed by atoms with E-state index in [-0.39, 0.29) is 5.91 Å². The zero-order chi connectivity index (χ0) is 15.2. The van der Waals surface area contributed by atoms with Crippen LogP contribution in [0.25, 0.3) is 0 Å². The SMILES string of the molecule is COC(=O)c1ccc(CNC(=O)c2ccc(N)cn2)cc1. The molecule has 0 atom stereocenters. The number of rotatable bonds is 4. The third-order valence-electron chi connectivity index (χ3n) is 2.85. The predicted molar refractivity (Wildman–Crippen MR) is 77.6 cm³/mol. The van der Waals surface area contributed by atoms with E-state index in [9.17, 15) is 9.59 Å². The third-order valence-corrected chi connectivity index (χ3v) is 2.85. The van der Waals surface area contributed by atoms with Gasteiger partial charge in [0.05, 0.1) is 24.6 Å². The number of methoxy groups -OCH3 is 1. The minimum Gasteiger partial charge on any atom is -0.465 e. The lowest BCUT2D eigenvalue weighted by Crippen LogP contribution is -2.23. The number of hydrogen-bond donors (Lipinski definition) is 2. The summed E-state index contributed by atoms with van der Waals surface area (Å²) in [6.45, 7) is 0.340. The van der Waals surface area contributed by atoms with Crippen LogP contribution in [0.4, 0.5) is 5.69 Å². The van der Waals surface area contributed by atoms with Crippen molar-refractivity contribution in [3.8, 4) is 0 Å². The topological polar surface area (TPSA) is 94.3 Å². The Kier molecular flexibility index (Phi) is 4.50. The van der Waals surface area contributed by atoms with Crippen molar-refractivity contribution in [2.24, 2.45) is 0 Å². The van der Waals surface area contributed by atoms with E-state index in [0.29, 0.717) is 23.5 Å². The van der Waals surface area contributed by atoms with Gasteiger partial charge in [-0.3, -0.25) is 4.79 Å². The largest absolute Gasteiger partial charge is 0.465 e. The number of nitrogens with two attached hydrogens (primary N) is 1. The Labute approximate surface area is 121 Å². The minimum atomic E-state index is -0.392. The standard InChI is InChI=1S/C15H15N3O3/c1-21-15(20)11-4-2-10(3-5-11)8-18-14(19)13-7-6-12(16)9-17-13/h2-7,9H,8,16H2,1H3,(H,18,19). The number of ether oxygens (including phenoxy) is 1. The van der Waals surface area contributed by atoms with Gasteiger partial charge in [0, 0.05) is 6.54 Å². The molecule has 0 aliphatic carbocycles. The molecule has 1 aromatic heterocycles. The van der Waals surface area contributed by atoms with Gasteiger partial charge in [0.2, 0.25) is 0 Å². The number of nitrogens with one attached hydrogen (secondary N) is 1. The van der Waals surface area contributed by atoms with Crippen molar-refractivity contribution >= 4 is 17.6 Å². The number of carbonyl (C=O) groups excluding carboxylic acids is 2. The van der Waals surface area contributed by atoms with Gasteiger partial charge in [-0.15, -0.1) is 0 Å². The van der Waals surface area contributed by atoms with E-state index in [1.807, 2.05) is 0 Å². The lowest BCUT2D eigenvalue weighted by atomic mass is 10.1. The van der Waals surface area contributed by atoms with Crippen LogP contribution in [0, 0.1) is 0 Å². The van der Waals surface area contributed by atoms with Crippen molar-refractivity contribution in [2.45, 2.75) is 6.54 Å². The summed E-state index contributed by atoms with van der Waals surface area (Å²) in [7, 11) is 1.33. The number of carbonyl (C=O) groups is 2. The Morgan fingerprint density at radius 1 is 1.19 bits per heavy atom. The first-order valence-corrected chi connectivity index (χ1v) is 6.27. The fraction of sp³-hybridized carbons (Fsp3) is 0.133. The average molecular weight is 285 g/mol. The van der Waals surface area contributed by atoms with Crippen LogP contribution in [0.15, 0.2) is 42.6 Å². The van der Waals surface area contributed by atoms with E-state index in [2.05, 4.69) is 15.0 Å². The minimum absolute atomic E-state index is 0.285. The van der Waals surface area contributed by atoms with E-state index in [0.717, 1.165) is 5.56 Å². The van der Waals surface area contributed by atoms with Crippen molar-refractivity contribution in [1.29, 1.82) is 0 Å². The molecule has 0 aliphatic rings. The number of anilines is 1. The first-order chi connectivity index (χ1) is 10.1. The first kappa shape index (κ1) is 14.5. The zero-order valence-corrected chi connectivity index (χ0v) is 11.5. The molecule has 0 saturated carbocycles. The van der Waals surface area contributed by atoms with E-state index in [1.54, 1.807) is 36.4 Å². The van der Waals surface area contributed by atoms with Gasteiger partial charge in [-0.1, -0.05) is 12.1 Å². The van der Waals surface area contributed by atoms with E-state index < -0.39 is 5.97 Å². The maximum absolute atomic E-state index is 11.9. The van der Waals surface area contributed by atoms with Gasteiger partial charge in [0.25, 0.3) is 5.91 Å². The normalized spacial score (nSPS) is 9.95. The molecule has 0 spiro atoms. The summed E-state index contributed by atoms with van der Waals surface area (Å²) in [5.74, 6) is -0.677. The molecular weight excluding hydrogens is 270 g/mol. The number of amides is 1. The summed E-state index contributed by atoms with van der Waals surface area (Å²) in [6.07, 6.45) is 1.43. The number of nitrogen functional groups attached to an aromatic ring is 1. The predicted octanol–water partition coefficient (Wildman–Crippen LogP) is 1.38. The average Bonchev–Trinajstić information content (AvgIpc) is 2.53. The van der Waals surface area contributed by atoms with Crippen LogP contribution in [-0.2, 0) is 11.3 Å². The lowest BCUT2D eigenvalue weighted by molar-refractivity contribution is 0.0600. The molecule has 0 fully saturated rings. The van der Waals surface area contributed by atoms with Crippen molar-refractivity contribution < 1.29 is 14.3 Å². The van der Waals surface area contributed by atoms with Gasteiger partial charge in [-0.25, -0.2) is 9.78 Å². The fourth-order valence-corrected chi connectivity index (χ4v) is 1.69. The summed E-state index contributed by atoms with van der Waals surface area (Å²) in [6, 6.07) is 9.98. The van der Waals surface area contributed by atoms with Crippen molar-refractivity contribution in [3.05, 3.63) is 59.4 Å². The molecule has 2 rings (SSSR count). The number of esters is 1. The second-order valence-electron chi connectivity index (χ2n) is 4.35. The monoisotopic (exact) mass is 285 g/mol. The zero-order valence-electron chi connectivity index (χ0n) is 11.5. The molecule has 6 heteroatoms. The summed E-state index contributed by atoms with van der Waals surface area (Å²) >= 11 is 0. The Hall–Kier alpha value is -2.89. The van der Waals surface area contributed by atoms with Crippen LogP contribution in [0.1, 0.15) is 26.4 Å². The number of hydrogen-bond acceptors (Lipinski definition) is 5. The molecule has 0 aliphatic heterocycles. The number of benzene rings is 1. The van der Waals surface area contributed by atoms with Crippen LogP contribution < -0.4 is 11.1 Å². The van der Waals surface area contributed by atoms with Crippen molar-refractivity contribution in [1.82, 2.24) is 10.3 Å². The van der Waals surface area contributed by atoms with Crippen LogP contribution in [0.3, 0.4) is 0 Å². The highest BCUT2D eigenvalue weighted by Gasteiger charge is 2.07. The highest BCUT2D eigenvalue weighted by Crippen LogP contribution is 2.06. The maximum Gasteiger partial charge on any atom is 0.337 e. The second-order valence-corrected chi connectivity index (χ2v) is 4.35. The molecule has 6 nitrogen and oxygen atoms in total. The van der Waals surface area contributed by atoms with Gasteiger partial charge >= 0.3 is 5.97 Å². The first-order valence-electron chi connectivity index (χ1n) is 6.27. The summed E-state index contributed by atoms with van der Waals surface area (Å²) in [5, 5.41) is 2.74. The van der Waals surface area contributed by atoms with Crippen LogP contribution >= 0.6 is 0 Å². The quantitative estimate of drug-likeness (QED) is 0.828. The summed E-state index contributed by atoms with van der Waals surface area (Å²) in [4.78, 5) is 27.1. The van der Waals surface area contributed by atoms with Crippen LogP contribution in [0.2, 0.25) is 0 Å².